The zero-order valence-corrected chi connectivity index (χ0v) is 13.5. The van der Waals surface area contributed by atoms with Crippen LogP contribution in [0.5, 0.6) is 0 Å². The second kappa shape index (κ2) is 5.81. The minimum absolute atomic E-state index is 0.0160. The monoisotopic (exact) mass is 307 g/mol. The summed E-state index contributed by atoms with van der Waals surface area (Å²) in [4.78, 5) is 13.7. The van der Waals surface area contributed by atoms with Gasteiger partial charge in [0.1, 0.15) is 12.2 Å². The van der Waals surface area contributed by atoms with Crippen LogP contribution < -0.4 is 5.32 Å². The fourth-order valence-corrected chi connectivity index (χ4v) is 4.97. The normalized spacial score (nSPS) is 44.1. The molecule has 6 atom stereocenters. The van der Waals surface area contributed by atoms with Crippen LogP contribution in [-0.4, -0.2) is 41.6 Å². The van der Waals surface area contributed by atoms with Crippen molar-refractivity contribution in [2.75, 3.05) is 13.1 Å². The van der Waals surface area contributed by atoms with Crippen molar-refractivity contribution in [2.24, 2.45) is 17.8 Å². The van der Waals surface area contributed by atoms with Crippen LogP contribution >= 0.6 is 0 Å². The zero-order chi connectivity index (χ0) is 15.9. The molecule has 0 radical (unpaired) electrons. The molecule has 4 nitrogen and oxygen atoms in total. The molecule has 0 unspecified atom stereocenters. The minimum Gasteiger partial charge on any atom is -0.323 e. The highest BCUT2D eigenvalue weighted by atomic mass is 19.1. The van der Waals surface area contributed by atoms with Crippen LogP contribution in [0.3, 0.4) is 0 Å². The summed E-state index contributed by atoms with van der Waals surface area (Å²) in [5, 5.41) is 12.5. The Bertz CT molecular complexity index is 475. The van der Waals surface area contributed by atoms with Gasteiger partial charge in [0.25, 0.3) is 0 Å². The van der Waals surface area contributed by atoms with Crippen LogP contribution in [0.1, 0.15) is 46.0 Å². The number of carbonyl (C=O) groups excluding carboxylic acids is 1. The number of nitriles is 1. The Morgan fingerprint density at radius 1 is 1.36 bits per heavy atom. The standard InChI is InChI=1S/C17H26FN3O/c1-11-3-12-6-17(2,7-13(12)4-11)20-9-16(22)21-10-14(18)5-15(21)8-19/h11-15,20H,3-7,9-10H2,1-2H3/t11-,12+,13-,14-,15-,17+/m0/s1. The first-order chi connectivity index (χ1) is 10.4. The molecule has 2 saturated carbocycles. The van der Waals surface area contributed by atoms with Gasteiger partial charge in [0.2, 0.25) is 5.91 Å². The van der Waals surface area contributed by atoms with E-state index in [1.165, 1.54) is 17.7 Å². The SMILES string of the molecule is C[C@H]1C[C@@H]2C[C@@](C)(NCC(=O)N3C[C@@H](F)C[C@H]3C#N)C[C@@H]2C1. The van der Waals surface area contributed by atoms with Crippen LogP contribution in [0, 0.1) is 29.1 Å². The largest absolute Gasteiger partial charge is 0.323 e. The van der Waals surface area contributed by atoms with Crippen molar-refractivity contribution in [3.05, 3.63) is 0 Å². The molecule has 3 rings (SSSR count). The Kier molecular flexibility index (Phi) is 4.15. The molecular formula is C17H26FN3O. The van der Waals surface area contributed by atoms with E-state index in [0.29, 0.717) is 0 Å². The molecule has 0 aromatic rings. The topological polar surface area (TPSA) is 56.1 Å². The maximum absolute atomic E-state index is 13.4. The molecule has 3 fully saturated rings. The predicted octanol–water partition coefficient (Wildman–Crippen LogP) is 2.25. The molecule has 5 heteroatoms. The van der Waals surface area contributed by atoms with Gasteiger partial charge in [-0.3, -0.25) is 4.79 Å². The summed E-state index contributed by atoms with van der Waals surface area (Å²) in [5.41, 5.74) is 0.0160. The van der Waals surface area contributed by atoms with Crippen molar-refractivity contribution in [3.8, 4) is 6.07 Å². The molecule has 0 aromatic carbocycles. The quantitative estimate of drug-likeness (QED) is 0.870. The number of carbonyl (C=O) groups is 1. The minimum atomic E-state index is -1.06. The van der Waals surface area contributed by atoms with Gasteiger partial charge in [-0.1, -0.05) is 6.92 Å². The summed E-state index contributed by atoms with van der Waals surface area (Å²) in [6.07, 6.45) is 3.97. The van der Waals surface area contributed by atoms with Crippen molar-refractivity contribution in [2.45, 2.75) is 63.7 Å². The number of halogens is 1. The predicted molar refractivity (Wildman–Crippen MR) is 81.6 cm³/mol. The van der Waals surface area contributed by atoms with Gasteiger partial charge in [-0.15, -0.1) is 0 Å². The number of hydrogen-bond acceptors (Lipinski definition) is 3. The first-order valence-electron chi connectivity index (χ1n) is 8.48. The van der Waals surface area contributed by atoms with E-state index in [-0.39, 0.29) is 31.0 Å². The molecular weight excluding hydrogens is 281 g/mol. The average molecular weight is 307 g/mol. The van der Waals surface area contributed by atoms with E-state index in [1.807, 2.05) is 6.07 Å². The summed E-state index contributed by atoms with van der Waals surface area (Å²) in [6.45, 7) is 4.82. The van der Waals surface area contributed by atoms with Gasteiger partial charge in [0.05, 0.1) is 19.2 Å². The molecule has 1 saturated heterocycles. The third kappa shape index (κ3) is 2.99. The smallest absolute Gasteiger partial charge is 0.237 e. The van der Waals surface area contributed by atoms with E-state index >= 15 is 0 Å². The Hall–Kier alpha value is -1.15. The molecule has 1 amide bonds. The van der Waals surface area contributed by atoms with Crippen molar-refractivity contribution < 1.29 is 9.18 Å². The van der Waals surface area contributed by atoms with E-state index in [1.54, 1.807) is 0 Å². The zero-order valence-electron chi connectivity index (χ0n) is 13.5. The van der Waals surface area contributed by atoms with Gasteiger partial charge in [-0.05, 0) is 50.4 Å². The summed E-state index contributed by atoms with van der Waals surface area (Å²) >= 11 is 0. The second-order valence-electron chi connectivity index (χ2n) is 7.94. The van der Waals surface area contributed by atoms with Crippen molar-refractivity contribution in [1.82, 2.24) is 10.2 Å². The number of nitrogens with zero attached hydrogens (tertiary/aromatic N) is 2. The highest BCUT2D eigenvalue weighted by molar-refractivity contribution is 5.79. The first kappa shape index (κ1) is 15.7. The lowest BCUT2D eigenvalue weighted by atomic mass is 9.94. The summed E-state index contributed by atoms with van der Waals surface area (Å²) in [5.74, 6) is 2.27. The average Bonchev–Trinajstić information content (AvgIpc) is 3.07. The molecule has 22 heavy (non-hydrogen) atoms. The molecule has 0 spiro atoms. The van der Waals surface area contributed by atoms with E-state index in [0.717, 1.165) is 30.6 Å². The maximum atomic E-state index is 13.4. The summed E-state index contributed by atoms with van der Waals surface area (Å²) in [7, 11) is 0. The molecule has 1 N–H and O–H groups in total. The van der Waals surface area contributed by atoms with Crippen LogP contribution in [0.2, 0.25) is 0 Å². The van der Waals surface area contributed by atoms with Crippen LogP contribution in [-0.2, 0) is 4.79 Å². The van der Waals surface area contributed by atoms with Crippen molar-refractivity contribution in [3.63, 3.8) is 0 Å². The van der Waals surface area contributed by atoms with Gasteiger partial charge < -0.3 is 10.2 Å². The number of hydrogen-bond donors (Lipinski definition) is 1. The summed E-state index contributed by atoms with van der Waals surface area (Å²) in [6, 6.07) is 1.44. The number of likely N-dealkylation sites (tertiary alicyclic amines) is 1. The second-order valence-corrected chi connectivity index (χ2v) is 7.94. The third-order valence-corrected chi connectivity index (χ3v) is 5.89. The fourth-order valence-electron chi connectivity index (χ4n) is 4.97. The number of rotatable bonds is 3. The molecule has 1 aliphatic heterocycles. The third-order valence-electron chi connectivity index (χ3n) is 5.89. The van der Waals surface area contributed by atoms with Gasteiger partial charge in [0.15, 0.2) is 0 Å². The lowest BCUT2D eigenvalue weighted by molar-refractivity contribution is -0.130. The Morgan fingerprint density at radius 2 is 2.00 bits per heavy atom. The van der Waals surface area contributed by atoms with Crippen LogP contribution in [0.4, 0.5) is 4.39 Å². The van der Waals surface area contributed by atoms with Gasteiger partial charge in [0, 0.05) is 12.0 Å². The van der Waals surface area contributed by atoms with Crippen molar-refractivity contribution in [1.29, 1.82) is 5.26 Å². The van der Waals surface area contributed by atoms with E-state index in [9.17, 15) is 9.18 Å². The van der Waals surface area contributed by atoms with Crippen LogP contribution in [0.25, 0.3) is 0 Å². The molecule has 1 heterocycles. The molecule has 3 aliphatic rings. The van der Waals surface area contributed by atoms with E-state index in [2.05, 4.69) is 19.2 Å². The van der Waals surface area contributed by atoms with Crippen molar-refractivity contribution >= 4 is 5.91 Å². The maximum Gasteiger partial charge on any atom is 0.237 e. The number of amides is 1. The number of alkyl halides is 1. The molecule has 0 bridgehead atoms. The van der Waals surface area contributed by atoms with Crippen LogP contribution in [0.15, 0.2) is 0 Å². The van der Waals surface area contributed by atoms with E-state index < -0.39 is 12.2 Å². The fraction of sp³-hybridized carbons (Fsp3) is 0.882. The Labute approximate surface area is 132 Å². The summed E-state index contributed by atoms with van der Waals surface area (Å²) < 4.78 is 13.4. The molecule has 0 aromatic heterocycles. The van der Waals surface area contributed by atoms with Gasteiger partial charge >= 0.3 is 0 Å². The Morgan fingerprint density at radius 3 is 2.59 bits per heavy atom. The molecule has 122 valence electrons. The molecule has 2 aliphatic carbocycles. The lowest BCUT2D eigenvalue weighted by Crippen LogP contribution is -2.48. The lowest BCUT2D eigenvalue weighted by Gasteiger charge is -2.29. The van der Waals surface area contributed by atoms with Gasteiger partial charge in [-0.2, -0.15) is 5.26 Å². The first-order valence-corrected chi connectivity index (χ1v) is 8.48. The number of fused-ring (bicyclic) bond motifs is 1. The highest BCUT2D eigenvalue weighted by Gasteiger charge is 2.46. The van der Waals surface area contributed by atoms with Gasteiger partial charge in [-0.25, -0.2) is 4.39 Å². The highest BCUT2D eigenvalue weighted by Crippen LogP contribution is 2.50. The Balaban J connectivity index is 1.53. The van der Waals surface area contributed by atoms with E-state index in [4.69, 9.17) is 5.26 Å². The number of nitrogens with one attached hydrogen (secondary N) is 1.